The van der Waals surface area contributed by atoms with E-state index in [4.69, 9.17) is 20.8 Å². The predicted molar refractivity (Wildman–Crippen MR) is 174 cm³/mol. The summed E-state index contributed by atoms with van der Waals surface area (Å²) in [5, 5.41) is -0.493. The number of rotatable bonds is 12. The van der Waals surface area contributed by atoms with Crippen molar-refractivity contribution in [1.29, 1.82) is 0 Å². The molecule has 0 saturated heterocycles. The summed E-state index contributed by atoms with van der Waals surface area (Å²) in [4.78, 5) is 1.89. The molecule has 45 heavy (non-hydrogen) atoms. The fourth-order valence-corrected chi connectivity index (χ4v) is 6.15. The third-order valence-electron chi connectivity index (χ3n) is 7.61. The van der Waals surface area contributed by atoms with Crippen molar-refractivity contribution in [3.05, 3.63) is 95.2 Å². The minimum absolute atomic E-state index is 0.149. The van der Waals surface area contributed by atoms with Crippen LogP contribution in [0.3, 0.4) is 0 Å². The minimum atomic E-state index is -4.22. The zero-order valence-electron chi connectivity index (χ0n) is 24.8. The van der Waals surface area contributed by atoms with Crippen LogP contribution in [0.25, 0.3) is 28.3 Å². The summed E-state index contributed by atoms with van der Waals surface area (Å²) < 4.78 is 79.4. The van der Waals surface area contributed by atoms with E-state index in [-0.39, 0.29) is 25.9 Å². The van der Waals surface area contributed by atoms with Crippen LogP contribution < -0.4 is 14.2 Å². The molecule has 2 N–H and O–H groups in total. The molecular weight excluding hydrogens is 640 g/mol. The van der Waals surface area contributed by atoms with Crippen molar-refractivity contribution in [1.82, 2.24) is 0 Å². The van der Waals surface area contributed by atoms with E-state index in [1.165, 1.54) is 6.92 Å². The second-order valence-electron chi connectivity index (χ2n) is 10.8. The van der Waals surface area contributed by atoms with Crippen LogP contribution in [0.2, 0.25) is 5.02 Å². The normalized spacial score (nSPS) is 15.4. The third kappa shape index (κ3) is 7.95. The molecule has 4 aromatic rings. The van der Waals surface area contributed by atoms with Crippen molar-refractivity contribution in [2.24, 2.45) is 0 Å². The Morgan fingerprint density at radius 1 is 1.02 bits per heavy atom. The number of aryl methyl sites for hydroxylation is 1. The van der Waals surface area contributed by atoms with Crippen LogP contribution in [0, 0.1) is 0 Å². The molecule has 0 aliphatic carbocycles. The van der Waals surface area contributed by atoms with E-state index < -0.39 is 31.2 Å². The van der Waals surface area contributed by atoms with Crippen LogP contribution >= 0.6 is 11.6 Å². The average Bonchev–Trinajstić information content (AvgIpc) is 3.50. The Kier molecular flexibility index (Phi) is 9.71. The number of ether oxygens (including phenoxy) is 1. The van der Waals surface area contributed by atoms with Gasteiger partial charge in [-0.15, -0.1) is 0 Å². The Bertz CT molecular complexity index is 1990. The van der Waals surface area contributed by atoms with Gasteiger partial charge in [0.25, 0.3) is 25.8 Å². The lowest BCUT2D eigenvalue weighted by Gasteiger charge is -2.20. The molecule has 1 aliphatic rings. The Morgan fingerprint density at radius 3 is 2.47 bits per heavy atom. The fourth-order valence-electron chi connectivity index (χ4n) is 5.09. The Hall–Kier alpha value is -3.68. The van der Waals surface area contributed by atoms with Gasteiger partial charge in [0, 0.05) is 30.1 Å². The smallest absolute Gasteiger partial charge is 0.374 e. The lowest BCUT2D eigenvalue weighted by atomic mass is 10.0. The van der Waals surface area contributed by atoms with Gasteiger partial charge in [-0.1, -0.05) is 54.9 Å². The van der Waals surface area contributed by atoms with Crippen molar-refractivity contribution in [3.8, 4) is 16.9 Å². The Balaban J connectivity index is 1.54. The van der Waals surface area contributed by atoms with Gasteiger partial charge in [-0.05, 0) is 60.7 Å². The van der Waals surface area contributed by atoms with Crippen molar-refractivity contribution >= 4 is 54.7 Å². The second kappa shape index (κ2) is 13.4. The monoisotopic (exact) mass is 673 g/mol. The molecule has 0 saturated carbocycles. The molecule has 238 valence electrons. The molecule has 1 aromatic heterocycles. The van der Waals surface area contributed by atoms with E-state index in [2.05, 4.69) is 0 Å². The number of anilines is 1. The maximum atomic E-state index is 11.8. The quantitative estimate of drug-likeness (QED) is 0.127. The first-order valence-corrected chi connectivity index (χ1v) is 17.9. The van der Waals surface area contributed by atoms with Crippen molar-refractivity contribution in [2.75, 3.05) is 17.2 Å². The molecule has 1 atom stereocenters. The summed E-state index contributed by atoms with van der Waals surface area (Å²) in [7, 11) is -8.36. The molecule has 1 unspecified atom stereocenters. The van der Waals surface area contributed by atoms with E-state index in [1.807, 2.05) is 77.1 Å². The van der Waals surface area contributed by atoms with E-state index in [0.29, 0.717) is 40.1 Å². The SMILES string of the molecule is CCC(/C=C1\Oc2ccc(-c3ccccc3)cc2N1CCC(C)S(=O)(=O)O)=C\c1oc2ccc(Cl)cc2[n+]1CCCS(=O)(=O)O. The molecule has 0 radical (unpaired) electrons. The summed E-state index contributed by atoms with van der Waals surface area (Å²) in [5.74, 6) is 1.12. The Morgan fingerprint density at radius 2 is 1.78 bits per heavy atom. The predicted octanol–water partition coefficient (Wildman–Crippen LogP) is 6.52. The van der Waals surface area contributed by atoms with E-state index in [1.54, 1.807) is 18.2 Å². The van der Waals surface area contributed by atoms with E-state index in [9.17, 15) is 25.9 Å². The molecule has 13 heteroatoms. The van der Waals surface area contributed by atoms with Gasteiger partial charge in [0.05, 0.1) is 22.8 Å². The van der Waals surface area contributed by atoms with Crippen LogP contribution in [-0.2, 0) is 26.8 Å². The number of fused-ring (bicyclic) bond motifs is 2. The van der Waals surface area contributed by atoms with Gasteiger partial charge in [-0.3, -0.25) is 9.11 Å². The number of aromatic nitrogens is 1. The fraction of sp³-hybridized carbons (Fsp3) is 0.281. The third-order valence-corrected chi connectivity index (χ3v) is 9.90. The number of nitrogens with zero attached hydrogens (tertiary/aromatic N) is 2. The summed E-state index contributed by atoms with van der Waals surface area (Å²) >= 11 is 6.25. The molecule has 10 nitrogen and oxygen atoms in total. The second-order valence-corrected chi connectivity index (χ2v) is 14.7. The number of allylic oxidation sites excluding steroid dienone is 2. The standard InChI is InChI=1S/C32H33ClN2O8S2/c1-3-23(18-31-34(15-7-17-44(36,37)38)28-21-26(33)11-13-30(28)43-31)19-32-35(16-14-22(2)45(39,40)41)27-20-25(10-12-29(27)42-32)24-8-5-4-6-9-24/h4-6,8-13,18-22H,3,7,14-17H2,1-2H3,(H-,36,37,38,39,40,41)/p+1. The summed E-state index contributed by atoms with van der Waals surface area (Å²) in [6.07, 6.45) is 4.54. The first-order chi connectivity index (χ1) is 21.3. The largest absolute Gasteiger partial charge is 0.439 e. The van der Waals surface area contributed by atoms with Crippen LogP contribution in [0.5, 0.6) is 5.75 Å². The van der Waals surface area contributed by atoms with E-state index >= 15 is 0 Å². The highest BCUT2D eigenvalue weighted by molar-refractivity contribution is 7.86. The highest BCUT2D eigenvalue weighted by atomic mass is 35.5. The zero-order valence-corrected chi connectivity index (χ0v) is 27.1. The van der Waals surface area contributed by atoms with Crippen LogP contribution in [0.15, 0.2) is 88.7 Å². The zero-order chi connectivity index (χ0) is 32.4. The first kappa shape index (κ1) is 32.7. The summed E-state index contributed by atoms with van der Waals surface area (Å²) in [5.41, 5.74) is 4.78. The topological polar surface area (TPSA) is 138 Å². The molecule has 0 spiro atoms. The van der Waals surface area contributed by atoms with Gasteiger partial charge in [0.2, 0.25) is 11.5 Å². The molecule has 1 aliphatic heterocycles. The highest BCUT2D eigenvalue weighted by Gasteiger charge is 2.29. The van der Waals surface area contributed by atoms with Gasteiger partial charge < -0.3 is 14.1 Å². The molecule has 0 bridgehead atoms. The molecule has 0 amide bonds. The summed E-state index contributed by atoms with van der Waals surface area (Å²) in [6.45, 7) is 3.93. The maximum absolute atomic E-state index is 11.8. The number of hydrogen-bond acceptors (Lipinski definition) is 7. The number of oxazole rings is 1. The molecule has 5 rings (SSSR count). The lowest BCUT2D eigenvalue weighted by Crippen LogP contribution is -2.36. The number of halogens is 1. The van der Waals surface area contributed by atoms with Gasteiger partial charge in [0.1, 0.15) is 0 Å². The number of benzene rings is 3. The van der Waals surface area contributed by atoms with Crippen molar-refractivity contribution in [2.45, 2.75) is 44.9 Å². The van der Waals surface area contributed by atoms with Gasteiger partial charge in [-0.2, -0.15) is 21.4 Å². The van der Waals surface area contributed by atoms with Gasteiger partial charge in [-0.25, -0.2) is 0 Å². The molecule has 2 heterocycles. The van der Waals surface area contributed by atoms with Crippen LogP contribution in [-0.4, -0.2) is 43.5 Å². The van der Waals surface area contributed by atoms with Crippen molar-refractivity contribution in [3.63, 3.8) is 0 Å². The average molecular weight is 674 g/mol. The molecule has 3 aromatic carbocycles. The van der Waals surface area contributed by atoms with Crippen LogP contribution in [0.4, 0.5) is 5.69 Å². The lowest BCUT2D eigenvalue weighted by molar-refractivity contribution is -0.677. The maximum Gasteiger partial charge on any atom is 0.374 e. The van der Waals surface area contributed by atoms with Crippen LogP contribution in [0.1, 0.15) is 39.0 Å². The molecular formula is C32H34ClN2O8S2+. The Labute approximate surface area is 267 Å². The first-order valence-electron chi connectivity index (χ1n) is 14.4. The highest BCUT2D eigenvalue weighted by Crippen LogP contribution is 2.42. The summed E-state index contributed by atoms with van der Waals surface area (Å²) in [6, 6.07) is 20.8. The van der Waals surface area contributed by atoms with Crippen molar-refractivity contribution < 1.29 is 39.7 Å². The van der Waals surface area contributed by atoms with E-state index in [0.717, 1.165) is 22.4 Å². The molecule has 0 fully saturated rings. The van der Waals surface area contributed by atoms with Gasteiger partial charge >= 0.3 is 5.89 Å². The number of hydrogen-bond donors (Lipinski definition) is 2. The van der Waals surface area contributed by atoms with Gasteiger partial charge in [0.15, 0.2) is 12.3 Å². The minimum Gasteiger partial charge on any atom is -0.439 e.